The number of aryl methyl sites for hydroxylation is 1. The van der Waals surface area contributed by atoms with Crippen LogP contribution in [-0.4, -0.2) is 17.6 Å². The number of carbonyl (C=O) groups excluding carboxylic acids is 1. The van der Waals surface area contributed by atoms with E-state index in [1.165, 1.54) is 12.8 Å². The minimum absolute atomic E-state index is 0.225. The van der Waals surface area contributed by atoms with E-state index in [0.717, 1.165) is 33.0 Å². The Balaban J connectivity index is 2.01. The number of thiocarbonyl (C=S) groups is 1. The van der Waals surface area contributed by atoms with Gasteiger partial charge in [0.25, 0.3) is 5.91 Å². The Hall–Kier alpha value is -1.44. The molecule has 0 fully saturated rings. The summed E-state index contributed by atoms with van der Waals surface area (Å²) < 4.78 is 7.52. The first kappa shape index (κ1) is 22.8. The van der Waals surface area contributed by atoms with E-state index in [1.54, 1.807) is 12.1 Å². The summed E-state index contributed by atoms with van der Waals surface area (Å²) in [4.78, 5) is 12.7. The molecule has 0 bridgehead atoms. The molecular weight excluding hydrogens is 504 g/mol. The van der Waals surface area contributed by atoms with Crippen LogP contribution in [0.4, 0.5) is 5.69 Å². The molecule has 0 aliphatic carbocycles. The van der Waals surface area contributed by atoms with Crippen LogP contribution in [0.1, 0.15) is 48.5 Å². The van der Waals surface area contributed by atoms with E-state index >= 15 is 0 Å². The zero-order valence-electron chi connectivity index (χ0n) is 16.0. The van der Waals surface area contributed by atoms with Gasteiger partial charge in [0.05, 0.1) is 17.9 Å². The van der Waals surface area contributed by atoms with Crippen LogP contribution < -0.4 is 15.4 Å². The topological polar surface area (TPSA) is 50.4 Å². The second-order valence-electron chi connectivity index (χ2n) is 6.44. The van der Waals surface area contributed by atoms with Crippen molar-refractivity contribution in [1.82, 2.24) is 5.32 Å². The van der Waals surface area contributed by atoms with E-state index < -0.39 is 0 Å². The maximum absolute atomic E-state index is 12.7. The lowest BCUT2D eigenvalue weighted by Crippen LogP contribution is -2.34. The van der Waals surface area contributed by atoms with Crippen molar-refractivity contribution >= 4 is 60.8 Å². The number of hydrogen-bond donors (Lipinski definition) is 2. The zero-order chi connectivity index (χ0) is 20.5. The summed E-state index contributed by atoms with van der Waals surface area (Å²) in [6, 6.07) is 11.2. The fraction of sp³-hybridized carbons (Fsp3) is 0.333. The van der Waals surface area contributed by atoms with Gasteiger partial charge in [0.1, 0.15) is 5.75 Å². The molecule has 28 heavy (non-hydrogen) atoms. The molecule has 1 amide bonds. The molecule has 2 rings (SSSR count). The Labute approximate surface area is 188 Å². The van der Waals surface area contributed by atoms with Crippen LogP contribution in [-0.2, 0) is 0 Å². The second-order valence-corrected chi connectivity index (χ2v) is 8.62. The molecule has 0 unspecified atom stereocenters. The SMILES string of the molecule is CCCCCCOc1ccc(Br)cc1C(=O)NC(=S)Nc1ccc(C)cc1Br. The van der Waals surface area contributed by atoms with E-state index in [0.29, 0.717) is 17.9 Å². The normalized spacial score (nSPS) is 10.4. The molecule has 4 nitrogen and oxygen atoms in total. The molecule has 0 atom stereocenters. The molecule has 2 aromatic carbocycles. The Morgan fingerprint density at radius 1 is 1.11 bits per heavy atom. The van der Waals surface area contributed by atoms with Crippen LogP contribution in [0.15, 0.2) is 45.3 Å². The summed E-state index contributed by atoms with van der Waals surface area (Å²) in [5.74, 6) is 0.238. The number of nitrogens with one attached hydrogen (secondary N) is 2. The highest BCUT2D eigenvalue weighted by Crippen LogP contribution is 2.25. The summed E-state index contributed by atoms with van der Waals surface area (Å²) in [5.41, 5.74) is 2.36. The largest absolute Gasteiger partial charge is 0.493 e. The van der Waals surface area contributed by atoms with Gasteiger partial charge >= 0.3 is 0 Å². The Morgan fingerprint density at radius 2 is 1.89 bits per heavy atom. The van der Waals surface area contributed by atoms with Crippen LogP contribution >= 0.6 is 44.1 Å². The fourth-order valence-corrected chi connectivity index (χ4v) is 3.72. The number of ether oxygens (including phenoxy) is 1. The minimum atomic E-state index is -0.314. The lowest BCUT2D eigenvalue weighted by Gasteiger charge is -2.14. The predicted octanol–water partition coefficient (Wildman–Crippen LogP) is 6.61. The van der Waals surface area contributed by atoms with Crippen molar-refractivity contribution in [2.24, 2.45) is 0 Å². The van der Waals surface area contributed by atoms with Crippen LogP contribution in [0.25, 0.3) is 0 Å². The number of unbranched alkanes of at least 4 members (excludes halogenated alkanes) is 3. The highest BCUT2D eigenvalue weighted by Gasteiger charge is 2.15. The van der Waals surface area contributed by atoms with Gasteiger partial charge in [0, 0.05) is 8.95 Å². The summed E-state index contributed by atoms with van der Waals surface area (Å²) in [5, 5.41) is 5.99. The maximum atomic E-state index is 12.7. The quantitative estimate of drug-likeness (QED) is 0.299. The summed E-state index contributed by atoms with van der Waals surface area (Å²) >= 11 is 12.2. The first-order valence-electron chi connectivity index (χ1n) is 9.21. The van der Waals surface area contributed by atoms with Crippen LogP contribution in [0.3, 0.4) is 0 Å². The first-order valence-corrected chi connectivity index (χ1v) is 11.2. The highest BCUT2D eigenvalue weighted by molar-refractivity contribution is 9.10. The predicted molar refractivity (Wildman–Crippen MR) is 126 cm³/mol. The van der Waals surface area contributed by atoms with E-state index in [2.05, 4.69) is 49.4 Å². The molecular formula is C21H24Br2N2O2S. The number of rotatable bonds is 8. The van der Waals surface area contributed by atoms with Crippen LogP contribution in [0, 0.1) is 6.92 Å². The van der Waals surface area contributed by atoms with Crippen molar-refractivity contribution in [3.05, 3.63) is 56.5 Å². The second kappa shape index (κ2) is 11.5. The van der Waals surface area contributed by atoms with Gasteiger partial charge in [-0.1, -0.05) is 48.2 Å². The van der Waals surface area contributed by atoms with Crippen LogP contribution in [0.5, 0.6) is 5.75 Å². The number of hydrogen-bond acceptors (Lipinski definition) is 3. The maximum Gasteiger partial charge on any atom is 0.261 e. The third-order valence-electron chi connectivity index (χ3n) is 4.04. The fourth-order valence-electron chi connectivity index (χ4n) is 2.56. The van der Waals surface area contributed by atoms with E-state index in [9.17, 15) is 4.79 Å². The molecule has 0 aliphatic heterocycles. The number of halogens is 2. The molecule has 0 heterocycles. The molecule has 2 N–H and O–H groups in total. The standard InChI is InChI=1S/C21H24Br2N2O2S/c1-3-4-5-6-11-27-19-10-8-15(22)13-16(19)20(26)25-21(28)24-18-9-7-14(2)12-17(18)23/h7-10,12-13H,3-6,11H2,1-2H3,(H2,24,25,26,28). The van der Waals surface area contributed by atoms with Gasteiger partial charge in [0.2, 0.25) is 0 Å². The molecule has 0 saturated heterocycles. The molecule has 0 spiro atoms. The number of carbonyl (C=O) groups is 1. The third kappa shape index (κ3) is 7.18. The Kier molecular flexibility index (Phi) is 9.41. The van der Waals surface area contributed by atoms with Gasteiger partial charge < -0.3 is 10.1 Å². The van der Waals surface area contributed by atoms with E-state index in [-0.39, 0.29) is 11.0 Å². The Morgan fingerprint density at radius 3 is 2.61 bits per heavy atom. The molecule has 0 aliphatic rings. The van der Waals surface area contributed by atoms with Crippen molar-refractivity contribution in [2.75, 3.05) is 11.9 Å². The van der Waals surface area contributed by atoms with Crippen molar-refractivity contribution in [1.29, 1.82) is 0 Å². The molecule has 2 aromatic rings. The molecule has 7 heteroatoms. The van der Waals surface area contributed by atoms with Crippen molar-refractivity contribution in [2.45, 2.75) is 39.5 Å². The average Bonchev–Trinajstić information content (AvgIpc) is 2.64. The van der Waals surface area contributed by atoms with Crippen molar-refractivity contribution < 1.29 is 9.53 Å². The van der Waals surface area contributed by atoms with E-state index in [4.69, 9.17) is 17.0 Å². The van der Waals surface area contributed by atoms with E-state index in [1.807, 2.05) is 31.2 Å². The first-order chi connectivity index (χ1) is 13.4. The molecule has 0 aromatic heterocycles. The van der Waals surface area contributed by atoms with Gasteiger partial charge in [-0.2, -0.15) is 0 Å². The summed E-state index contributed by atoms with van der Waals surface area (Å²) in [7, 11) is 0. The van der Waals surface area contributed by atoms with Crippen molar-refractivity contribution in [3.63, 3.8) is 0 Å². The van der Waals surface area contributed by atoms with Gasteiger partial charge in [-0.15, -0.1) is 0 Å². The lowest BCUT2D eigenvalue weighted by atomic mass is 10.2. The molecule has 150 valence electrons. The molecule has 0 saturated carbocycles. The Bertz CT molecular complexity index is 843. The van der Waals surface area contributed by atoms with Crippen LogP contribution in [0.2, 0.25) is 0 Å². The van der Waals surface area contributed by atoms with Gasteiger partial charge in [-0.25, -0.2) is 0 Å². The lowest BCUT2D eigenvalue weighted by molar-refractivity contribution is 0.0973. The van der Waals surface area contributed by atoms with Gasteiger partial charge in [-0.05, 0) is 77.4 Å². The number of anilines is 1. The average molecular weight is 528 g/mol. The minimum Gasteiger partial charge on any atom is -0.493 e. The van der Waals surface area contributed by atoms with Gasteiger partial charge in [-0.3, -0.25) is 10.1 Å². The smallest absolute Gasteiger partial charge is 0.261 e. The van der Waals surface area contributed by atoms with Gasteiger partial charge in [0.15, 0.2) is 5.11 Å². The number of amides is 1. The summed E-state index contributed by atoms with van der Waals surface area (Å²) in [6.45, 7) is 4.76. The summed E-state index contributed by atoms with van der Waals surface area (Å²) in [6.07, 6.45) is 4.44. The zero-order valence-corrected chi connectivity index (χ0v) is 20.0. The molecule has 0 radical (unpaired) electrons. The number of benzene rings is 2. The highest BCUT2D eigenvalue weighted by atomic mass is 79.9. The van der Waals surface area contributed by atoms with Crippen molar-refractivity contribution in [3.8, 4) is 5.75 Å². The monoisotopic (exact) mass is 526 g/mol. The third-order valence-corrected chi connectivity index (χ3v) is 5.40.